The van der Waals surface area contributed by atoms with Crippen molar-refractivity contribution in [2.24, 2.45) is 0 Å². The van der Waals surface area contributed by atoms with E-state index in [-0.39, 0.29) is 23.3 Å². The Balaban J connectivity index is 1.77. The van der Waals surface area contributed by atoms with Crippen LogP contribution in [0.4, 0.5) is 0 Å². The van der Waals surface area contributed by atoms with Crippen LogP contribution < -0.4 is 4.72 Å². The van der Waals surface area contributed by atoms with Gasteiger partial charge in [0.1, 0.15) is 0 Å². The number of nitrogens with one attached hydrogen (secondary N) is 1. The molecule has 180 valence electrons. The van der Waals surface area contributed by atoms with E-state index in [2.05, 4.69) is 28.8 Å². The van der Waals surface area contributed by atoms with Crippen LogP contribution in [-0.2, 0) is 32.4 Å². The first kappa shape index (κ1) is 25.9. The lowest BCUT2D eigenvalue weighted by atomic mass is 9.90. The van der Waals surface area contributed by atoms with E-state index in [1.54, 1.807) is 25.3 Å². The number of carbonyl (C=O) groups excluding carboxylic acids is 1. The van der Waals surface area contributed by atoms with Gasteiger partial charge in [-0.15, -0.1) is 0 Å². The second-order valence-electron chi connectivity index (χ2n) is 8.00. The predicted octanol–water partition coefficient (Wildman–Crippen LogP) is 4.90. The minimum Gasteiger partial charge on any atom is -0.466 e. The number of aromatic nitrogens is 1. The van der Waals surface area contributed by atoms with Gasteiger partial charge in [-0.3, -0.25) is 9.78 Å². The average Bonchev–Trinajstić information content (AvgIpc) is 2.83. The number of halogens is 1. The molecule has 3 rings (SSSR count). The molecule has 0 fully saturated rings. The van der Waals surface area contributed by atoms with Crippen LogP contribution in [0.2, 0.25) is 5.02 Å². The van der Waals surface area contributed by atoms with E-state index >= 15 is 0 Å². The van der Waals surface area contributed by atoms with Gasteiger partial charge >= 0.3 is 5.97 Å². The summed E-state index contributed by atoms with van der Waals surface area (Å²) in [5, 5.41) is 0.480. The van der Waals surface area contributed by atoms with Gasteiger partial charge in [-0.05, 0) is 72.4 Å². The average molecular weight is 501 g/mol. The van der Waals surface area contributed by atoms with Crippen LogP contribution in [0.5, 0.6) is 0 Å². The molecule has 1 heterocycles. The largest absolute Gasteiger partial charge is 0.466 e. The second kappa shape index (κ2) is 12.1. The van der Waals surface area contributed by atoms with Crippen LogP contribution in [0, 0.1) is 0 Å². The molecule has 0 saturated carbocycles. The molecule has 0 radical (unpaired) electrons. The number of benzene rings is 2. The summed E-state index contributed by atoms with van der Waals surface area (Å²) >= 11 is 5.86. The summed E-state index contributed by atoms with van der Waals surface area (Å²) in [5.41, 5.74) is 4.17. The van der Waals surface area contributed by atoms with Gasteiger partial charge in [0.25, 0.3) is 0 Å². The number of rotatable bonds is 11. The summed E-state index contributed by atoms with van der Waals surface area (Å²) in [6.45, 7) is 4.49. The molecule has 2 aromatic carbocycles. The first-order valence-electron chi connectivity index (χ1n) is 11.2. The molecule has 0 bridgehead atoms. The highest BCUT2D eigenvalue weighted by Crippen LogP contribution is 2.26. The molecule has 0 aliphatic carbocycles. The van der Waals surface area contributed by atoms with Crippen LogP contribution >= 0.6 is 11.6 Å². The van der Waals surface area contributed by atoms with Crippen molar-refractivity contribution < 1.29 is 17.9 Å². The number of carbonyl (C=O) groups is 1. The summed E-state index contributed by atoms with van der Waals surface area (Å²) in [6.07, 6.45) is 4.93. The summed E-state index contributed by atoms with van der Waals surface area (Å²) in [5.74, 6) is -0.133. The fourth-order valence-electron chi connectivity index (χ4n) is 3.66. The van der Waals surface area contributed by atoms with E-state index in [1.165, 1.54) is 12.1 Å². The number of aryl methyl sites for hydroxylation is 1. The van der Waals surface area contributed by atoms with Crippen molar-refractivity contribution in [3.63, 3.8) is 0 Å². The minimum atomic E-state index is -3.63. The number of sulfonamides is 1. The first-order valence-corrected chi connectivity index (χ1v) is 13.1. The quantitative estimate of drug-likeness (QED) is 0.378. The summed E-state index contributed by atoms with van der Waals surface area (Å²) in [7, 11) is -3.63. The molecule has 1 aromatic heterocycles. The van der Waals surface area contributed by atoms with Crippen molar-refractivity contribution in [2.75, 3.05) is 13.2 Å². The predicted molar refractivity (Wildman–Crippen MR) is 133 cm³/mol. The van der Waals surface area contributed by atoms with Gasteiger partial charge in [-0.25, -0.2) is 13.1 Å². The van der Waals surface area contributed by atoms with Crippen molar-refractivity contribution >= 4 is 27.6 Å². The van der Waals surface area contributed by atoms with Crippen LogP contribution in [0.1, 0.15) is 48.4 Å². The van der Waals surface area contributed by atoms with Crippen molar-refractivity contribution in [1.82, 2.24) is 9.71 Å². The van der Waals surface area contributed by atoms with Crippen LogP contribution in [0.25, 0.3) is 0 Å². The third-order valence-corrected chi connectivity index (χ3v) is 7.24. The van der Waals surface area contributed by atoms with E-state index in [1.807, 2.05) is 24.4 Å². The van der Waals surface area contributed by atoms with Gasteiger partial charge < -0.3 is 4.74 Å². The van der Waals surface area contributed by atoms with Crippen molar-refractivity contribution in [3.05, 3.63) is 94.3 Å². The number of pyridine rings is 1. The third kappa shape index (κ3) is 7.38. The molecule has 3 aromatic rings. The Morgan fingerprint density at radius 1 is 1.06 bits per heavy atom. The first-order chi connectivity index (χ1) is 16.3. The Kier molecular flexibility index (Phi) is 9.21. The van der Waals surface area contributed by atoms with Crippen LogP contribution in [-0.4, -0.2) is 32.5 Å². The fraction of sp³-hybridized carbons (Fsp3) is 0.308. The number of hydrogen-bond acceptors (Lipinski definition) is 5. The molecule has 0 spiro atoms. The summed E-state index contributed by atoms with van der Waals surface area (Å²) in [4.78, 5) is 16.3. The summed E-state index contributed by atoms with van der Waals surface area (Å²) in [6, 6.07) is 16.2. The van der Waals surface area contributed by atoms with E-state index in [9.17, 15) is 13.2 Å². The van der Waals surface area contributed by atoms with Gasteiger partial charge in [0.15, 0.2) is 0 Å². The Morgan fingerprint density at radius 3 is 2.41 bits per heavy atom. The zero-order chi connectivity index (χ0) is 24.6. The fourth-order valence-corrected chi connectivity index (χ4v) is 4.82. The number of ether oxygens (including phenoxy) is 1. The van der Waals surface area contributed by atoms with Gasteiger partial charge in [0, 0.05) is 36.3 Å². The van der Waals surface area contributed by atoms with Gasteiger partial charge in [-0.2, -0.15) is 0 Å². The molecule has 0 saturated heterocycles. The standard InChI is InChI=1S/C26H29ClN2O4S/c1-3-33-26(30)11-6-20-15-21(17-23(16-20)19(2)22-5-4-13-28-18-22)12-14-29-34(31,32)25-9-7-24(27)8-10-25/h4-5,7-10,13,15-19,29H,3,6,11-12,14H2,1-2H3. The monoisotopic (exact) mass is 500 g/mol. The zero-order valence-corrected chi connectivity index (χ0v) is 20.9. The van der Waals surface area contributed by atoms with E-state index < -0.39 is 10.0 Å². The molecular weight excluding hydrogens is 472 g/mol. The highest BCUT2D eigenvalue weighted by atomic mass is 35.5. The molecule has 0 amide bonds. The smallest absolute Gasteiger partial charge is 0.306 e. The molecule has 1 N–H and O–H groups in total. The molecule has 0 aliphatic heterocycles. The van der Waals surface area contributed by atoms with Crippen molar-refractivity contribution in [2.45, 2.75) is 43.9 Å². The number of nitrogens with zero attached hydrogens (tertiary/aromatic N) is 1. The Labute approximate surface area is 206 Å². The maximum Gasteiger partial charge on any atom is 0.306 e. The van der Waals surface area contributed by atoms with Crippen LogP contribution in [0.15, 0.2) is 71.9 Å². The number of esters is 1. The van der Waals surface area contributed by atoms with Gasteiger partial charge in [-0.1, -0.05) is 42.8 Å². The Hall–Kier alpha value is -2.74. The molecule has 6 nitrogen and oxygen atoms in total. The van der Waals surface area contributed by atoms with Crippen molar-refractivity contribution in [1.29, 1.82) is 0 Å². The Bertz CT molecular complexity index is 1200. The molecule has 34 heavy (non-hydrogen) atoms. The van der Waals surface area contributed by atoms with E-state index in [0.717, 1.165) is 22.3 Å². The molecule has 1 atom stereocenters. The van der Waals surface area contributed by atoms with Crippen molar-refractivity contribution in [3.8, 4) is 0 Å². The van der Waals surface area contributed by atoms with E-state index in [4.69, 9.17) is 16.3 Å². The van der Waals surface area contributed by atoms with Gasteiger partial charge in [0.05, 0.1) is 11.5 Å². The lowest BCUT2D eigenvalue weighted by molar-refractivity contribution is -0.143. The van der Waals surface area contributed by atoms with E-state index in [0.29, 0.717) is 30.9 Å². The van der Waals surface area contributed by atoms with Crippen LogP contribution in [0.3, 0.4) is 0 Å². The molecular formula is C26H29ClN2O4S. The highest BCUT2D eigenvalue weighted by Gasteiger charge is 2.15. The maximum atomic E-state index is 12.6. The minimum absolute atomic E-state index is 0.0979. The maximum absolute atomic E-state index is 12.6. The summed E-state index contributed by atoms with van der Waals surface area (Å²) < 4.78 is 32.9. The SMILES string of the molecule is CCOC(=O)CCc1cc(CCNS(=O)(=O)c2ccc(Cl)cc2)cc(C(C)c2cccnc2)c1. The topological polar surface area (TPSA) is 85.4 Å². The molecule has 8 heteroatoms. The number of hydrogen-bond donors (Lipinski definition) is 1. The van der Waals surface area contributed by atoms with Gasteiger partial charge in [0.2, 0.25) is 10.0 Å². The highest BCUT2D eigenvalue weighted by molar-refractivity contribution is 7.89. The molecule has 0 aliphatic rings. The second-order valence-corrected chi connectivity index (χ2v) is 10.2. The Morgan fingerprint density at radius 2 is 1.76 bits per heavy atom. The normalized spacial score (nSPS) is 12.3. The molecule has 1 unspecified atom stereocenters. The third-order valence-electron chi connectivity index (χ3n) is 5.51. The lowest BCUT2D eigenvalue weighted by Gasteiger charge is -2.16. The lowest BCUT2D eigenvalue weighted by Crippen LogP contribution is -2.26. The zero-order valence-electron chi connectivity index (χ0n) is 19.3.